The van der Waals surface area contributed by atoms with Crippen LogP contribution in [0.25, 0.3) is 5.57 Å². The average Bonchev–Trinajstić information content (AvgIpc) is 2.88. The van der Waals surface area contributed by atoms with E-state index >= 15 is 0 Å². The summed E-state index contributed by atoms with van der Waals surface area (Å²) >= 11 is -1.78. The Hall–Kier alpha value is -2.65. The molecule has 1 atom stereocenters. The summed E-state index contributed by atoms with van der Waals surface area (Å²) in [5.74, 6) is -0.406. The monoisotopic (exact) mass is 364 g/mol. The topological polar surface area (TPSA) is 111 Å². The first kappa shape index (κ1) is 18.7. The van der Waals surface area contributed by atoms with E-state index in [1.807, 2.05) is 0 Å². The fraction of sp³-hybridized carbons (Fsp3) is 0.312. The van der Waals surface area contributed by atoms with Crippen molar-refractivity contribution in [2.24, 2.45) is 0 Å². The number of phenols is 1. The lowest BCUT2D eigenvalue weighted by atomic mass is 9.99. The van der Waals surface area contributed by atoms with Crippen molar-refractivity contribution in [2.75, 3.05) is 26.0 Å². The molecule has 0 saturated heterocycles. The molecule has 0 aliphatic carbocycles. The highest BCUT2D eigenvalue weighted by Gasteiger charge is 2.24. The molecule has 1 amide bonds. The Morgan fingerprint density at radius 2 is 2.12 bits per heavy atom. The normalized spacial score (nSPS) is 11.2. The minimum absolute atomic E-state index is 0.0877. The zero-order valence-electron chi connectivity index (χ0n) is 14.5. The molecule has 0 spiro atoms. The van der Waals surface area contributed by atoms with Crippen molar-refractivity contribution in [3.63, 3.8) is 0 Å². The smallest absolute Gasteiger partial charge is 0.318 e. The molecule has 0 radical (unpaired) electrons. The number of aromatic nitrogens is 2. The maximum Gasteiger partial charge on any atom is 0.318 e. The van der Waals surface area contributed by atoms with Crippen molar-refractivity contribution in [1.82, 2.24) is 13.6 Å². The van der Waals surface area contributed by atoms with Gasteiger partial charge >= 0.3 is 5.88 Å². The van der Waals surface area contributed by atoms with Gasteiger partial charge in [0.2, 0.25) is 0 Å². The zero-order valence-corrected chi connectivity index (χ0v) is 15.3. The maximum absolute atomic E-state index is 12.5. The minimum atomic E-state index is -1.78. The number of nitrogens with zero attached hydrogens (tertiary/aromatic N) is 3. The predicted octanol–water partition coefficient (Wildman–Crippen LogP) is 2.79. The van der Waals surface area contributed by atoms with Gasteiger partial charge < -0.3 is 24.6 Å². The van der Waals surface area contributed by atoms with E-state index < -0.39 is 11.1 Å². The van der Waals surface area contributed by atoms with Gasteiger partial charge in [0, 0.05) is 22.8 Å². The number of benzene rings is 1. The predicted molar refractivity (Wildman–Crippen MR) is 96.0 cm³/mol. The van der Waals surface area contributed by atoms with Crippen LogP contribution in [0, 0.1) is 0 Å². The number of carbonyl (C=O) groups is 1. The first-order chi connectivity index (χ1) is 11.8. The molecule has 1 aromatic heterocycles. The van der Waals surface area contributed by atoms with E-state index in [1.54, 1.807) is 40.1 Å². The number of ether oxygens (including phenoxy) is 1. The van der Waals surface area contributed by atoms with Gasteiger partial charge in [-0.1, -0.05) is 18.2 Å². The Kier molecular flexibility index (Phi) is 5.60. The largest absolute Gasteiger partial charge is 0.546 e. The number of nitrogens with one attached hydrogen (secondary N) is 1. The molecule has 2 N–H and O–H groups in total. The third-order valence-electron chi connectivity index (χ3n) is 3.32. The molecule has 0 aliphatic rings. The third-order valence-corrected chi connectivity index (χ3v) is 3.99. The van der Waals surface area contributed by atoms with E-state index in [1.165, 1.54) is 4.90 Å². The summed E-state index contributed by atoms with van der Waals surface area (Å²) in [4.78, 5) is 13.8. The maximum atomic E-state index is 12.5. The summed E-state index contributed by atoms with van der Waals surface area (Å²) in [7, 11) is 3.18. The van der Waals surface area contributed by atoms with Crippen molar-refractivity contribution < 1.29 is 19.2 Å². The van der Waals surface area contributed by atoms with Gasteiger partial charge in [-0.25, -0.2) is 0 Å². The molecular formula is C16H20N4O4S. The number of carbonyl (C=O) groups excluding carboxylic acids is 1. The highest BCUT2D eigenvalue weighted by Crippen LogP contribution is 2.37. The van der Waals surface area contributed by atoms with E-state index in [2.05, 4.69) is 20.6 Å². The van der Waals surface area contributed by atoms with E-state index in [9.17, 15) is 14.5 Å². The Morgan fingerprint density at radius 1 is 1.44 bits per heavy atom. The van der Waals surface area contributed by atoms with Crippen LogP contribution in [0.15, 0.2) is 18.7 Å². The molecule has 0 fully saturated rings. The first-order valence-corrected chi connectivity index (χ1v) is 8.55. The lowest BCUT2D eigenvalue weighted by molar-refractivity contribution is 0.0824. The van der Waals surface area contributed by atoms with Crippen LogP contribution in [-0.4, -0.2) is 49.9 Å². The number of phenolic OH excluding ortho intramolecular Hbond substituents is 1. The van der Waals surface area contributed by atoms with Gasteiger partial charge in [-0.05, 0) is 25.5 Å². The summed E-state index contributed by atoms with van der Waals surface area (Å²) in [5.41, 5.74) is 1.53. The summed E-state index contributed by atoms with van der Waals surface area (Å²) in [6.45, 7) is 7.67. The second-order valence-corrected chi connectivity index (χ2v) is 6.32. The Balaban J connectivity index is 2.51. The molecule has 0 aliphatic heterocycles. The fourth-order valence-electron chi connectivity index (χ4n) is 2.17. The Morgan fingerprint density at radius 3 is 2.68 bits per heavy atom. The van der Waals surface area contributed by atoms with Crippen molar-refractivity contribution in [2.45, 2.75) is 13.8 Å². The van der Waals surface area contributed by atoms with E-state index in [4.69, 9.17) is 4.74 Å². The number of anilines is 2. The fourth-order valence-corrected chi connectivity index (χ4v) is 2.78. The van der Waals surface area contributed by atoms with Crippen LogP contribution >= 0.6 is 11.1 Å². The molecule has 9 heteroatoms. The molecule has 25 heavy (non-hydrogen) atoms. The average molecular weight is 364 g/mol. The van der Waals surface area contributed by atoms with Gasteiger partial charge in [-0.15, -0.1) is 0 Å². The molecular weight excluding hydrogens is 344 g/mol. The summed E-state index contributed by atoms with van der Waals surface area (Å²) < 4.78 is 24.3. The molecule has 8 nitrogen and oxygen atoms in total. The van der Waals surface area contributed by atoms with Crippen LogP contribution in [0.5, 0.6) is 11.6 Å². The highest BCUT2D eigenvalue weighted by molar-refractivity contribution is 7.14. The number of aromatic hydroxyl groups is 1. The van der Waals surface area contributed by atoms with E-state index in [0.29, 0.717) is 17.7 Å². The van der Waals surface area contributed by atoms with Crippen molar-refractivity contribution in [1.29, 1.82) is 0 Å². The zero-order chi connectivity index (χ0) is 18.7. The molecule has 1 heterocycles. The molecule has 134 valence electrons. The Labute approximate surface area is 148 Å². The lowest BCUT2D eigenvalue weighted by Crippen LogP contribution is -2.23. The lowest BCUT2D eigenvalue weighted by Gasteiger charge is -2.18. The number of rotatable bonds is 6. The summed E-state index contributed by atoms with van der Waals surface area (Å²) in [6, 6.07) is 3.25. The van der Waals surface area contributed by atoms with E-state index in [0.717, 1.165) is 0 Å². The summed E-state index contributed by atoms with van der Waals surface area (Å²) in [5, 5.41) is 13.4. The molecule has 1 unspecified atom stereocenters. The third kappa shape index (κ3) is 3.89. The van der Waals surface area contributed by atoms with Crippen LogP contribution in [0.3, 0.4) is 0 Å². The highest BCUT2D eigenvalue weighted by atomic mass is 32.2. The molecule has 0 saturated carbocycles. The van der Waals surface area contributed by atoms with Gasteiger partial charge in [0.1, 0.15) is 0 Å². The van der Waals surface area contributed by atoms with Crippen LogP contribution in [0.4, 0.5) is 11.5 Å². The SMILES string of the molecule is C=C(C)c1ccc(Nc2n[s+]([O-])nc2OCC)c(O)c1C(=O)N(C)C. The Bertz CT molecular complexity index is 817. The van der Waals surface area contributed by atoms with Crippen LogP contribution < -0.4 is 10.1 Å². The second kappa shape index (κ2) is 7.49. The van der Waals surface area contributed by atoms with Gasteiger partial charge in [0.05, 0.1) is 17.9 Å². The van der Waals surface area contributed by atoms with Gasteiger partial charge in [0.25, 0.3) is 11.7 Å². The summed E-state index contributed by atoms with van der Waals surface area (Å²) in [6.07, 6.45) is 0. The molecule has 0 bridgehead atoms. The molecule has 1 aromatic carbocycles. The quantitative estimate of drug-likeness (QED) is 0.599. The minimum Gasteiger partial charge on any atom is -0.546 e. The van der Waals surface area contributed by atoms with Crippen molar-refractivity contribution in [3.8, 4) is 11.6 Å². The van der Waals surface area contributed by atoms with Crippen molar-refractivity contribution in [3.05, 3.63) is 29.8 Å². The standard InChI is InChI=1S/C16H20N4O4S/c1-6-24-15-14(18-25(23)19-15)17-11-8-7-10(9(2)3)12(13(11)21)16(22)20(4)5/h7-8,21H,2,6H2,1,3-5H3,(H,17,18). The van der Waals surface area contributed by atoms with Gasteiger partial charge in [-0.2, -0.15) is 0 Å². The number of hydrogen-bond donors (Lipinski definition) is 2. The molecule has 2 aromatic rings. The van der Waals surface area contributed by atoms with Gasteiger partial charge in [-0.3, -0.25) is 4.79 Å². The first-order valence-electron chi connectivity index (χ1n) is 7.49. The second-order valence-electron chi connectivity index (χ2n) is 5.49. The number of hydrogen-bond acceptors (Lipinski definition) is 7. The van der Waals surface area contributed by atoms with Crippen LogP contribution in [0.1, 0.15) is 29.8 Å². The number of allylic oxidation sites excluding steroid dienone is 1. The van der Waals surface area contributed by atoms with Crippen molar-refractivity contribution >= 4 is 34.1 Å². The van der Waals surface area contributed by atoms with Gasteiger partial charge in [0.15, 0.2) is 16.9 Å². The van der Waals surface area contributed by atoms with Crippen LogP contribution in [0.2, 0.25) is 0 Å². The molecule has 2 rings (SSSR count). The van der Waals surface area contributed by atoms with Crippen LogP contribution in [-0.2, 0) is 0 Å². The number of amides is 1. The van der Waals surface area contributed by atoms with E-state index in [-0.39, 0.29) is 34.6 Å².